The molecule has 0 fully saturated rings. The molecule has 0 aliphatic rings. The predicted octanol–water partition coefficient (Wildman–Crippen LogP) is 1.59. The van der Waals surface area contributed by atoms with Gasteiger partial charge < -0.3 is 31.7 Å². The van der Waals surface area contributed by atoms with E-state index in [1.165, 1.54) is 0 Å². The van der Waals surface area contributed by atoms with Crippen molar-refractivity contribution in [1.82, 2.24) is 0 Å². The summed E-state index contributed by atoms with van der Waals surface area (Å²) in [6.07, 6.45) is 0. The van der Waals surface area contributed by atoms with Crippen LogP contribution in [0.25, 0.3) is 11.5 Å². The third-order valence-corrected chi connectivity index (χ3v) is 0.125. The minimum Gasteiger partial charge on any atom is -0.679 e. The average molecular weight is 345 g/mol. The van der Waals surface area contributed by atoms with Crippen molar-refractivity contribution in [2.45, 2.75) is 0 Å². The quantitative estimate of drug-likeness (QED) is 0.523. The Morgan fingerprint density at radius 2 is 1.09 bits per heavy atom. The fraction of sp³-hybridized carbons (Fsp3) is 1.00. The van der Waals surface area contributed by atoms with E-state index in [1.54, 1.807) is 0 Å². The van der Waals surface area contributed by atoms with Crippen molar-refractivity contribution in [3.63, 3.8) is 0 Å². The monoisotopic (exact) mass is 345 g/mol. The van der Waals surface area contributed by atoms with Crippen molar-refractivity contribution in [2.75, 3.05) is 13.1 Å². The van der Waals surface area contributed by atoms with E-state index >= 15 is 0 Å². The summed E-state index contributed by atoms with van der Waals surface area (Å²) >= 11 is 0. The second kappa shape index (κ2) is 57.3. The molecule has 8 nitrogen and oxygen atoms in total. The van der Waals surface area contributed by atoms with Gasteiger partial charge in [0.25, 0.3) is 0 Å². The molecule has 0 aromatic carbocycles. The van der Waals surface area contributed by atoms with Crippen molar-refractivity contribution in [1.29, 1.82) is 0 Å². The minimum atomic E-state index is 0. The van der Waals surface area contributed by atoms with Crippen molar-refractivity contribution in [3.8, 4) is 0 Å². The molecule has 11 heavy (non-hydrogen) atoms. The third kappa shape index (κ3) is 3100. The number of rotatable bonds is 1. The van der Waals surface area contributed by atoms with E-state index < -0.39 is 0 Å². The Labute approximate surface area is 77.1 Å². The van der Waals surface area contributed by atoms with Gasteiger partial charge in [0.1, 0.15) is 0 Å². The maximum Gasteiger partial charge on any atom is 2.00 e. The summed E-state index contributed by atoms with van der Waals surface area (Å²) in [6.45, 7) is 0.472. The van der Waals surface area contributed by atoms with E-state index in [0.29, 0.717) is 0 Å². The van der Waals surface area contributed by atoms with E-state index in [2.05, 4.69) is 0 Å². The summed E-state index contributed by atoms with van der Waals surface area (Å²) in [5, 5.41) is 18.0. The fourth-order valence-electron chi connectivity index (χ4n) is 0. The van der Waals surface area contributed by atoms with E-state index in [0.717, 1.165) is 10.7 Å². The second-order valence-corrected chi connectivity index (χ2v) is 0.649. The summed E-state index contributed by atoms with van der Waals surface area (Å²) in [7, 11) is 0. The van der Waals surface area contributed by atoms with Gasteiger partial charge in [-0.3, -0.25) is 0 Å². The molecule has 0 heterocycles. The Hall–Kier alpha value is -0.592. The second-order valence-electron chi connectivity index (χ2n) is 0.649. The first kappa shape index (κ1) is 22.4. The molecule has 0 amide bonds. The van der Waals surface area contributed by atoms with E-state index in [1.807, 2.05) is 0 Å². The number of hydrogen-bond donors (Lipinski definition) is 0. The van der Waals surface area contributed by atoms with Gasteiger partial charge in [-0.1, -0.05) is 0 Å². The Morgan fingerprint density at radius 1 is 1.00 bits per heavy atom. The van der Waals surface area contributed by atoms with Gasteiger partial charge in [-0.05, 0) is 0 Å². The maximum atomic E-state index is 8.00. The zero-order valence-corrected chi connectivity index (χ0v) is 7.53. The number of hydrogen-bond acceptors (Lipinski definition) is 6. The van der Waals surface area contributed by atoms with E-state index in [-0.39, 0.29) is 34.2 Å². The van der Waals surface area contributed by atoms with Gasteiger partial charge in [0.05, 0.1) is 0 Å². The molecule has 0 bridgehead atoms. The maximum absolute atomic E-state index is 8.00. The fourth-order valence-corrected chi connectivity index (χ4v) is 0. The van der Waals surface area contributed by atoms with Crippen molar-refractivity contribution >= 4 is 0 Å². The van der Waals surface area contributed by atoms with Crippen LogP contribution in [-0.2, 0) is 21.1 Å². The third-order valence-electron chi connectivity index (χ3n) is 0.125. The van der Waals surface area contributed by atoms with Crippen LogP contribution in [0, 0.1) is 20.2 Å². The molecule has 0 unspecified atom stereocenters. The normalized spacial score (nSPS) is 4.91. The summed E-state index contributed by atoms with van der Waals surface area (Å²) in [4.78, 5) is 16.0. The van der Waals surface area contributed by atoms with Crippen molar-refractivity contribution < 1.29 is 21.1 Å². The zero-order valence-electron chi connectivity index (χ0n) is 5.26. The summed E-state index contributed by atoms with van der Waals surface area (Å²) < 4.78 is 0. The van der Waals surface area contributed by atoms with Crippen LogP contribution in [0.4, 0.5) is 0 Å². The topological polar surface area (TPSA) is 153 Å². The van der Waals surface area contributed by atoms with Crippen LogP contribution >= 0.6 is 0 Å². The Kier molecular flexibility index (Phi) is 117. The Bertz CT molecular complexity index is 56.1. The van der Waals surface area contributed by atoms with Crippen molar-refractivity contribution in [2.24, 2.45) is 10.7 Å². The van der Waals surface area contributed by atoms with Crippen LogP contribution in [0.1, 0.15) is 0 Å². The molecular weight excluding hydrogens is 339 g/mol. The molecule has 0 radical (unpaired) electrons. The van der Waals surface area contributed by atoms with Crippen LogP contribution in [-0.4, -0.2) is 13.1 Å². The molecule has 0 aliphatic carbocycles. The van der Waals surface area contributed by atoms with Crippen LogP contribution in [0.3, 0.4) is 0 Å². The molecule has 2 N–H and O–H groups in total. The first-order chi connectivity index (χ1) is 4.74. The van der Waals surface area contributed by atoms with Gasteiger partial charge in [-0.25, -0.2) is 0 Å². The SMILES string of the molecule is O=N[O-].O=N[O-].[NH-]CC[NH-].[Pt+2]. The van der Waals surface area contributed by atoms with Crippen LogP contribution < -0.4 is 0 Å². The molecule has 0 spiro atoms. The van der Waals surface area contributed by atoms with Gasteiger partial charge in [0.15, 0.2) is 0 Å². The van der Waals surface area contributed by atoms with Crippen LogP contribution in [0.5, 0.6) is 0 Å². The zero-order chi connectivity index (χ0) is 8.83. The Morgan fingerprint density at radius 3 is 1.09 bits per heavy atom. The molecule has 0 saturated carbocycles. The molecule has 0 aromatic heterocycles. The first-order valence-electron chi connectivity index (χ1n) is 1.94. The molecule has 0 atom stereocenters. The smallest absolute Gasteiger partial charge is 0.679 e. The molecule has 0 aromatic rings. The van der Waals surface area contributed by atoms with Gasteiger partial charge in [0, 0.05) is 0 Å². The standard InChI is InChI=1S/C2H6N2.2HNO2.Pt/c3-1-2-4;2*2-1-3;/h3-4H,1-2H2;2*(H,2,3);/q-2;;;+2/p-2. The molecule has 0 aliphatic heterocycles. The van der Waals surface area contributed by atoms with Gasteiger partial charge in [0.2, 0.25) is 0 Å². The molecular formula is C2H6N4O4Pt-2. The van der Waals surface area contributed by atoms with Gasteiger partial charge >= 0.3 is 21.1 Å². The molecule has 9 heteroatoms. The summed E-state index contributed by atoms with van der Waals surface area (Å²) in [6, 6.07) is 0. The van der Waals surface area contributed by atoms with Crippen LogP contribution in [0.15, 0.2) is 10.7 Å². The average Bonchev–Trinajstić information content (AvgIpc) is 1.91. The molecule has 0 saturated heterocycles. The Balaban J connectivity index is -0.0000000325. The largest absolute Gasteiger partial charge is 2.00 e. The minimum absolute atomic E-state index is 0. The molecule has 0 rings (SSSR count). The predicted molar refractivity (Wildman–Crippen MR) is 36.7 cm³/mol. The van der Waals surface area contributed by atoms with E-state index in [9.17, 15) is 0 Å². The number of nitrogens with one attached hydrogen (secondary N) is 2. The first-order valence-corrected chi connectivity index (χ1v) is 1.94. The van der Waals surface area contributed by atoms with Gasteiger partial charge in [-0.15, -0.1) is 10.7 Å². The summed E-state index contributed by atoms with van der Waals surface area (Å²) in [5.41, 5.74) is 12.5. The van der Waals surface area contributed by atoms with E-state index in [4.69, 9.17) is 31.7 Å². The summed E-state index contributed by atoms with van der Waals surface area (Å²) in [5.74, 6) is 0. The van der Waals surface area contributed by atoms with Crippen LogP contribution in [0.2, 0.25) is 0 Å². The van der Waals surface area contributed by atoms with Gasteiger partial charge in [-0.2, -0.15) is 13.1 Å². The molecule has 70 valence electrons. The number of nitrogens with zero attached hydrogens (tertiary/aromatic N) is 2. The van der Waals surface area contributed by atoms with Crippen molar-refractivity contribution in [3.05, 3.63) is 31.7 Å².